The number of aliphatic hydroxyl groups is 1. The van der Waals surface area contributed by atoms with Crippen LogP contribution in [-0.2, 0) is 23.9 Å². The molecular weight excluding hydrogens is 452 g/mol. The predicted molar refractivity (Wildman–Crippen MR) is 131 cm³/mol. The van der Waals surface area contributed by atoms with Gasteiger partial charge in [-0.2, -0.15) is 0 Å². The van der Waals surface area contributed by atoms with E-state index in [1.165, 1.54) is 17.3 Å². The molecule has 190 valence electrons. The smallest absolute Gasteiger partial charge is 0.352 e. The summed E-state index contributed by atoms with van der Waals surface area (Å²) in [6.45, 7) is 6.27. The second kappa shape index (κ2) is 9.61. The second-order valence-corrected chi connectivity index (χ2v) is 12.2. The number of rotatable bonds is 7. The summed E-state index contributed by atoms with van der Waals surface area (Å²) < 4.78 is 11.7. The molecule has 0 aliphatic heterocycles. The molecule has 7 atom stereocenters. The Morgan fingerprint density at radius 1 is 1.21 bits per heavy atom. The van der Waals surface area contributed by atoms with Crippen LogP contribution >= 0.6 is 11.8 Å². The van der Waals surface area contributed by atoms with E-state index in [1.807, 2.05) is 26.2 Å². The summed E-state index contributed by atoms with van der Waals surface area (Å²) in [5.74, 6) is -0.000451. The molecule has 0 aromatic heterocycles. The molecule has 5 unspecified atom stereocenters. The van der Waals surface area contributed by atoms with Crippen LogP contribution in [-0.4, -0.2) is 46.7 Å². The molecule has 34 heavy (non-hydrogen) atoms. The molecule has 6 nitrogen and oxygen atoms in total. The van der Waals surface area contributed by atoms with E-state index in [-0.39, 0.29) is 47.3 Å². The van der Waals surface area contributed by atoms with Crippen molar-refractivity contribution in [2.75, 3.05) is 12.2 Å². The Morgan fingerprint density at radius 3 is 2.68 bits per heavy atom. The van der Waals surface area contributed by atoms with Gasteiger partial charge in [0, 0.05) is 18.3 Å². The number of hydrogen-bond donors (Lipinski definition) is 1. The van der Waals surface area contributed by atoms with Gasteiger partial charge in [0.25, 0.3) is 0 Å². The number of carbonyl (C=O) groups is 3. The minimum atomic E-state index is -1.36. The van der Waals surface area contributed by atoms with Gasteiger partial charge in [0.1, 0.15) is 5.94 Å². The normalized spacial score (nSPS) is 41.1. The quantitative estimate of drug-likeness (QED) is 0.402. The lowest BCUT2D eigenvalue weighted by atomic mass is 9.45. The summed E-state index contributed by atoms with van der Waals surface area (Å²) in [5, 5.41) is 11.6. The van der Waals surface area contributed by atoms with E-state index in [0.717, 1.165) is 32.1 Å². The van der Waals surface area contributed by atoms with Crippen molar-refractivity contribution in [1.82, 2.24) is 0 Å². The first-order valence-corrected chi connectivity index (χ1v) is 14.3. The summed E-state index contributed by atoms with van der Waals surface area (Å²) in [4.78, 5) is 38.5. The van der Waals surface area contributed by atoms with Gasteiger partial charge in [0.2, 0.25) is 5.60 Å². The third-order valence-corrected chi connectivity index (χ3v) is 10.0. The van der Waals surface area contributed by atoms with Gasteiger partial charge in [-0.3, -0.25) is 9.59 Å². The molecule has 3 saturated carbocycles. The Labute approximate surface area is 207 Å². The first kappa shape index (κ1) is 25.7. The lowest BCUT2D eigenvalue weighted by Gasteiger charge is -2.60. The average Bonchev–Trinajstić information content (AvgIpc) is 3.08. The van der Waals surface area contributed by atoms with Crippen molar-refractivity contribution >= 4 is 29.5 Å². The highest BCUT2D eigenvalue weighted by atomic mass is 32.2. The van der Waals surface area contributed by atoms with Crippen LogP contribution in [0, 0.1) is 28.6 Å². The van der Waals surface area contributed by atoms with Crippen molar-refractivity contribution in [2.45, 2.75) is 96.7 Å². The summed E-state index contributed by atoms with van der Waals surface area (Å²) in [6, 6.07) is 0. The number of unbranched alkanes of at least 4 members (excludes halogenated alkanes) is 1. The minimum absolute atomic E-state index is 0.0486. The van der Waals surface area contributed by atoms with Crippen LogP contribution in [0.3, 0.4) is 0 Å². The van der Waals surface area contributed by atoms with E-state index in [4.69, 9.17) is 9.47 Å². The molecule has 4 aliphatic carbocycles. The fourth-order valence-electron chi connectivity index (χ4n) is 8.02. The average molecular weight is 493 g/mol. The van der Waals surface area contributed by atoms with E-state index in [2.05, 4.69) is 6.92 Å². The molecule has 3 fully saturated rings. The molecule has 4 rings (SSSR count). The number of ether oxygens (including phenoxy) is 2. The van der Waals surface area contributed by atoms with Crippen LogP contribution in [0.1, 0.15) is 85.0 Å². The fraction of sp³-hybridized carbons (Fsp3) is 0.815. The molecule has 0 saturated heterocycles. The number of esters is 2. The Kier molecular flexibility index (Phi) is 7.27. The third-order valence-electron chi connectivity index (χ3n) is 9.68. The van der Waals surface area contributed by atoms with Crippen molar-refractivity contribution in [1.29, 1.82) is 0 Å². The zero-order valence-corrected chi connectivity index (χ0v) is 21.9. The van der Waals surface area contributed by atoms with E-state index >= 15 is 0 Å². The molecule has 0 bridgehead atoms. The highest BCUT2D eigenvalue weighted by Crippen LogP contribution is 2.68. The molecular formula is C27H40O6S. The fourth-order valence-corrected chi connectivity index (χ4v) is 8.24. The number of fused-ring (bicyclic) bond motifs is 5. The van der Waals surface area contributed by atoms with Gasteiger partial charge in [0.05, 0.1) is 6.10 Å². The Hall–Kier alpha value is -1.34. The van der Waals surface area contributed by atoms with Crippen LogP contribution in [0.4, 0.5) is 0 Å². The van der Waals surface area contributed by atoms with Gasteiger partial charge in [-0.05, 0) is 80.4 Å². The van der Waals surface area contributed by atoms with Gasteiger partial charge in [-0.25, -0.2) is 4.79 Å². The Bertz CT molecular complexity index is 869. The van der Waals surface area contributed by atoms with Crippen molar-refractivity contribution in [3.05, 3.63) is 11.6 Å². The Balaban J connectivity index is 1.69. The zero-order chi connectivity index (χ0) is 24.7. The van der Waals surface area contributed by atoms with Gasteiger partial charge in [-0.15, -0.1) is 11.8 Å². The highest BCUT2D eigenvalue weighted by molar-refractivity contribution is 7.98. The molecule has 7 heteroatoms. The van der Waals surface area contributed by atoms with Gasteiger partial charge < -0.3 is 14.6 Å². The molecule has 0 aromatic carbocycles. The largest absolute Gasteiger partial charge is 0.452 e. The first-order chi connectivity index (χ1) is 16.1. The molecule has 1 N–H and O–H groups in total. The molecule has 0 radical (unpaired) electrons. The SMILES string of the molecule is CCCCC(=O)O[C@]1(C(=O)OCSC)CCC2C3CCC4=CC(=O)CCC4(C)C3[C@@H](O)CC21C. The topological polar surface area (TPSA) is 89.9 Å². The van der Waals surface area contributed by atoms with Crippen LogP contribution in [0.5, 0.6) is 0 Å². The van der Waals surface area contributed by atoms with Crippen molar-refractivity contribution in [3.63, 3.8) is 0 Å². The second-order valence-electron chi connectivity index (χ2n) is 11.4. The number of ketones is 1. The van der Waals surface area contributed by atoms with Crippen LogP contribution < -0.4 is 0 Å². The highest BCUT2D eigenvalue weighted by Gasteiger charge is 2.71. The van der Waals surface area contributed by atoms with Crippen molar-refractivity contribution in [2.24, 2.45) is 28.6 Å². The van der Waals surface area contributed by atoms with E-state index < -0.39 is 23.1 Å². The number of allylic oxidation sites excluding steroid dienone is 1. The first-order valence-electron chi connectivity index (χ1n) is 12.9. The number of aliphatic hydroxyl groups excluding tert-OH is 1. The van der Waals surface area contributed by atoms with Crippen LogP contribution in [0.25, 0.3) is 0 Å². The molecule has 4 aliphatic rings. The number of hydrogen-bond acceptors (Lipinski definition) is 7. The monoisotopic (exact) mass is 492 g/mol. The lowest BCUT2D eigenvalue weighted by Crippen LogP contribution is -2.63. The number of carbonyl (C=O) groups excluding carboxylic acids is 3. The zero-order valence-electron chi connectivity index (χ0n) is 21.1. The van der Waals surface area contributed by atoms with E-state index in [1.54, 1.807) is 0 Å². The summed E-state index contributed by atoms with van der Waals surface area (Å²) >= 11 is 1.41. The summed E-state index contributed by atoms with van der Waals surface area (Å²) in [7, 11) is 0. The molecule has 0 heterocycles. The standard InChI is InChI=1S/C27H40O6S/c1-5-6-7-22(30)33-27(24(31)32-16-34-4)13-11-20-19-9-8-17-14-18(28)10-12-25(17,2)23(19)21(29)15-26(20,27)3/h14,19-21,23,29H,5-13,15-16H2,1-4H3/t19?,20?,21-,23?,25?,26?,27-/m0/s1. The van der Waals surface area contributed by atoms with E-state index in [0.29, 0.717) is 25.7 Å². The summed E-state index contributed by atoms with van der Waals surface area (Å²) in [5.41, 5.74) is -1.06. The Morgan fingerprint density at radius 2 is 1.97 bits per heavy atom. The maximum Gasteiger partial charge on any atom is 0.352 e. The van der Waals surface area contributed by atoms with Crippen LogP contribution in [0.15, 0.2) is 11.6 Å². The predicted octanol–water partition coefficient (Wildman–Crippen LogP) is 4.83. The lowest BCUT2D eigenvalue weighted by molar-refractivity contribution is -0.213. The van der Waals surface area contributed by atoms with Gasteiger partial charge in [-0.1, -0.05) is 32.8 Å². The van der Waals surface area contributed by atoms with Crippen molar-refractivity contribution < 1.29 is 29.0 Å². The summed E-state index contributed by atoms with van der Waals surface area (Å²) in [6.07, 6.45) is 9.57. The van der Waals surface area contributed by atoms with Gasteiger partial charge >= 0.3 is 11.9 Å². The maximum atomic E-state index is 13.5. The maximum absolute atomic E-state index is 13.5. The molecule has 0 spiro atoms. The van der Waals surface area contributed by atoms with Crippen molar-refractivity contribution in [3.8, 4) is 0 Å². The molecule has 0 amide bonds. The third kappa shape index (κ3) is 3.95. The van der Waals surface area contributed by atoms with Gasteiger partial charge in [0.15, 0.2) is 5.78 Å². The van der Waals surface area contributed by atoms with Crippen LogP contribution in [0.2, 0.25) is 0 Å². The number of thioether (sulfide) groups is 1. The van der Waals surface area contributed by atoms with E-state index in [9.17, 15) is 19.5 Å². The minimum Gasteiger partial charge on any atom is -0.452 e. The molecule has 0 aromatic rings.